The number of nitro groups is 1. The van der Waals surface area contributed by atoms with Crippen molar-refractivity contribution in [2.75, 3.05) is 20.2 Å². The minimum Gasteiger partial charge on any atom is -0.395 e. The first kappa shape index (κ1) is 14.5. The lowest BCUT2D eigenvalue weighted by Crippen LogP contribution is -2.28. The molecule has 1 aromatic heterocycles. The molecule has 0 fully saturated rings. The lowest BCUT2D eigenvalue weighted by atomic mass is 10.1. The molecule has 0 aliphatic carbocycles. The van der Waals surface area contributed by atoms with E-state index < -0.39 is 4.92 Å². The van der Waals surface area contributed by atoms with E-state index >= 15 is 0 Å². The van der Waals surface area contributed by atoms with Crippen LogP contribution in [0, 0.1) is 10.1 Å². The average Bonchev–Trinajstić information content (AvgIpc) is 2.71. The van der Waals surface area contributed by atoms with Crippen molar-refractivity contribution in [1.82, 2.24) is 9.47 Å². The highest BCUT2D eigenvalue weighted by atomic mass is 16.6. The zero-order valence-electron chi connectivity index (χ0n) is 12.3. The number of nitrogens with zero attached hydrogens (tertiary/aromatic N) is 3. The van der Waals surface area contributed by atoms with Crippen LogP contribution in [0.25, 0.3) is 10.9 Å². The van der Waals surface area contributed by atoms with E-state index in [2.05, 4.69) is 0 Å². The topological polar surface area (TPSA) is 88.6 Å². The summed E-state index contributed by atoms with van der Waals surface area (Å²) in [6.45, 7) is 0.858. The van der Waals surface area contributed by atoms with Crippen LogP contribution in [0.1, 0.15) is 22.5 Å². The molecule has 1 aliphatic rings. The van der Waals surface area contributed by atoms with E-state index in [1.807, 2.05) is 0 Å². The van der Waals surface area contributed by atoms with Gasteiger partial charge in [-0.25, -0.2) is 0 Å². The first-order valence-corrected chi connectivity index (χ1v) is 7.20. The second kappa shape index (κ2) is 5.42. The van der Waals surface area contributed by atoms with Crippen LogP contribution in [0.3, 0.4) is 0 Å². The molecular formula is C15H17N3O4. The van der Waals surface area contributed by atoms with Gasteiger partial charge in [-0.15, -0.1) is 0 Å². The minimum atomic E-state index is -0.431. The molecule has 0 bridgehead atoms. The van der Waals surface area contributed by atoms with Crippen LogP contribution in [0.2, 0.25) is 0 Å². The normalized spacial score (nSPS) is 15.0. The maximum absolute atomic E-state index is 12.6. The van der Waals surface area contributed by atoms with Crippen molar-refractivity contribution < 1.29 is 14.8 Å². The number of hydrogen-bond donors (Lipinski definition) is 1. The molecule has 0 saturated carbocycles. The van der Waals surface area contributed by atoms with Gasteiger partial charge in [0, 0.05) is 43.2 Å². The van der Waals surface area contributed by atoms with Crippen molar-refractivity contribution in [2.45, 2.75) is 19.4 Å². The van der Waals surface area contributed by atoms with Gasteiger partial charge in [-0.3, -0.25) is 14.9 Å². The summed E-state index contributed by atoms with van der Waals surface area (Å²) in [6.07, 6.45) is 1.51. The van der Waals surface area contributed by atoms with Gasteiger partial charge in [0.15, 0.2) is 0 Å². The molecule has 3 rings (SSSR count). The zero-order valence-corrected chi connectivity index (χ0v) is 12.3. The largest absolute Gasteiger partial charge is 0.395 e. The van der Waals surface area contributed by atoms with Crippen molar-refractivity contribution >= 4 is 22.5 Å². The number of fused-ring (bicyclic) bond motifs is 3. The standard InChI is InChI=1S/C15H17N3O4/c1-16-6-2-3-11-12-9-10(18(21)22)4-5-13(12)17(7-8-19)14(11)15(16)20/h4-5,9,19H,2-3,6-8H2,1H3. The van der Waals surface area contributed by atoms with Gasteiger partial charge in [0.1, 0.15) is 5.69 Å². The fourth-order valence-corrected chi connectivity index (χ4v) is 3.13. The third-order valence-electron chi connectivity index (χ3n) is 4.16. The Kier molecular flexibility index (Phi) is 3.58. The molecule has 22 heavy (non-hydrogen) atoms. The first-order chi connectivity index (χ1) is 10.5. The van der Waals surface area contributed by atoms with Crippen LogP contribution in [0.15, 0.2) is 18.2 Å². The Hall–Kier alpha value is -2.41. The summed E-state index contributed by atoms with van der Waals surface area (Å²) in [4.78, 5) is 24.9. The van der Waals surface area contributed by atoms with Crippen LogP contribution >= 0.6 is 0 Å². The molecule has 7 heteroatoms. The molecule has 0 atom stereocenters. The van der Waals surface area contributed by atoms with E-state index in [0.717, 1.165) is 22.9 Å². The Bertz CT molecular complexity index is 766. The number of non-ortho nitro benzene ring substituents is 1. The smallest absolute Gasteiger partial charge is 0.270 e. The summed E-state index contributed by atoms with van der Waals surface area (Å²) >= 11 is 0. The summed E-state index contributed by atoms with van der Waals surface area (Å²) < 4.78 is 1.78. The van der Waals surface area contributed by atoms with Crippen LogP contribution in [-0.2, 0) is 13.0 Å². The number of rotatable bonds is 3. The molecule has 2 heterocycles. The lowest BCUT2D eigenvalue weighted by Gasteiger charge is -2.16. The number of amides is 1. The maximum atomic E-state index is 12.6. The molecule has 1 aromatic carbocycles. The number of aryl methyl sites for hydroxylation is 1. The minimum absolute atomic E-state index is 0.0153. The third-order valence-corrected chi connectivity index (χ3v) is 4.16. The predicted octanol–water partition coefficient (Wildman–Crippen LogP) is 1.56. The fourth-order valence-electron chi connectivity index (χ4n) is 3.13. The Balaban J connectivity index is 2.32. The number of hydrogen-bond acceptors (Lipinski definition) is 4. The van der Waals surface area contributed by atoms with Crippen LogP contribution < -0.4 is 0 Å². The molecular weight excluding hydrogens is 286 g/mol. The average molecular weight is 303 g/mol. The molecule has 0 saturated heterocycles. The fraction of sp³-hybridized carbons (Fsp3) is 0.400. The summed E-state index contributed by atoms with van der Waals surface area (Å²) in [7, 11) is 1.75. The lowest BCUT2D eigenvalue weighted by molar-refractivity contribution is -0.384. The highest BCUT2D eigenvalue weighted by Crippen LogP contribution is 2.32. The second-order valence-corrected chi connectivity index (χ2v) is 5.49. The first-order valence-electron chi connectivity index (χ1n) is 7.20. The van der Waals surface area contributed by atoms with Gasteiger partial charge >= 0.3 is 0 Å². The molecule has 0 unspecified atom stereocenters. The van der Waals surface area contributed by atoms with Crippen molar-refractivity contribution in [1.29, 1.82) is 0 Å². The molecule has 1 amide bonds. The van der Waals surface area contributed by atoms with Gasteiger partial charge in [0.2, 0.25) is 0 Å². The number of aliphatic hydroxyl groups excluding tert-OH is 1. The maximum Gasteiger partial charge on any atom is 0.270 e. The number of aliphatic hydroxyl groups is 1. The Morgan fingerprint density at radius 3 is 2.86 bits per heavy atom. The molecule has 0 spiro atoms. The second-order valence-electron chi connectivity index (χ2n) is 5.49. The predicted molar refractivity (Wildman–Crippen MR) is 81.0 cm³/mol. The van der Waals surface area contributed by atoms with E-state index in [-0.39, 0.29) is 18.2 Å². The van der Waals surface area contributed by atoms with E-state index in [9.17, 15) is 20.0 Å². The van der Waals surface area contributed by atoms with Gasteiger partial charge in [-0.1, -0.05) is 0 Å². The SMILES string of the molecule is CN1CCCc2c(n(CCO)c3ccc([N+](=O)[O-])cc23)C1=O. The number of carbonyl (C=O) groups excluding carboxylic acids is 1. The van der Waals surface area contributed by atoms with Crippen molar-refractivity contribution in [3.05, 3.63) is 39.6 Å². The van der Waals surface area contributed by atoms with Gasteiger partial charge in [-0.2, -0.15) is 0 Å². The molecule has 1 aliphatic heterocycles. The van der Waals surface area contributed by atoms with Crippen LogP contribution in [0.4, 0.5) is 5.69 Å². The van der Waals surface area contributed by atoms with Gasteiger partial charge in [0.25, 0.3) is 11.6 Å². The summed E-state index contributed by atoms with van der Waals surface area (Å²) in [5.74, 6) is -0.0974. The van der Waals surface area contributed by atoms with E-state index in [4.69, 9.17) is 0 Å². The molecule has 0 radical (unpaired) electrons. The Morgan fingerprint density at radius 1 is 1.41 bits per heavy atom. The van der Waals surface area contributed by atoms with E-state index in [1.165, 1.54) is 12.1 Å². The summed E-state index contributed by atoms with van der Waals surface area (Å²) in [6, 6.07) is 4.62. The third kappa shape index (κ3) is 2.14. The van der Waals surface area contributed by atoms with Crippen molar-refractivity contribution in [3.63, 3.8) is 0 Å². The molecule has 1 N–H and O–H groups in total. The van der Waals surface area contributed by atoms with Crippen molar-refractivity contribution in [2.24, 2.45) is 0 Å². The number of carbonyl (C=O) groups is 1. The highest BCUT2D eigenvalue weighted by Gasteiger charge is 2.28. The monoisotopic (exact) mass is 303 g/mol. The number of benzene rings is 1. The van der Waals surface area contributed by atoms with Crippen LogP contribution in [-0.4, -0.2) is 45.6 Å². The Morgan fingerprint density at radius 2 is 2.18 bits per heavy atom. The molecule has 2 aromatic rings. The molecule has 116 valence electrons. The van der Waals surface area contributed by atoms with Gasteiger partial charge < -0.3 is 14.6 Å². The quantitative estimate of drug-likeness (QED) is 0.688. The van der Waals surface area contributed by atoms with Crippen molar-refractivity contribution in [3.8, 4) is 0 Å². The number of aromatic nitrogens is 1. The van der Waals surface area contributed by atoms with E-state index in [1.54, 1.807) is 22.6 Å². The highest BCUT2D eigenvalue weighted by molar-refractivity contribution is 6.02. The summed E-state index contributed by atoms with van der Waals surface area (Å²) in [5, 5.41) is 21.1. The van der Waals surface area contributed by atoms with Gasteiger partial charge in [-0.05, 0) is 24.5 Å². The molecule has 7 nitrogen and oxygen atoms in total. The van der Waals surface area contributed by atoms with Crippen LogP contribution in [0.5, 0.6) is 0 Å². The van der Waals surface area contributed by atoms with E-state index in [0.29, 0.717) is 25.2 Å². The number of nitro benzene ring substituents is 1. The Labute approximate surface area is 126 Å². The summed E-state index contributed by atoms with van der Waals surface area (Å²) in [5.41, 5.74) is 2.17. The zero-order chi connectivity index (χ0) is 15.9. The van der Waals surface area contributed by atoms with Gasteiger partial charge in [0.05, 0.1) is 11.5 Å².